The molecule has 1 heterocycles. The Morgan fingerprint density at radius 3 is 2.42 bits per heavy atom. The monoisotopic (exact) mass is 333 g/mol. The van der Waals surface area contributed by atoms with Crippen LogP contribution < -0.4 is 5.32 Å². The van der Waals surface area contributed by atoms with Crippen LogP contribution >= 0.6 is 0 Å². The van der Waals surface area contributed by atoms with Crippen LogP contribution in [0.2, 0.25) is 0 Å². The number of urea groups is 1. The van der Waals surface area contributed by atoms with Crippen LogP contribution in [-0.4, -0.2) is 23.0 Å². The van der Waals surface area contributed by atoms with Gasteiger partial charge < -0.3 is 10.2 Å². The molecule has 0 fully saturated rings. The number of aromatic nitrogens is 1. The van der Waals surface area contributed by atoms with E-state index in [0.717, 1.165) is 24.1 Å². The normalized spacial score (nSPS) is 13.2. The fraction of sp³-hybridized carbons (Fsp3) is 0.333. The molecule has 0 radical (unpaired) electrons. The van der Waals surface area contributed by atoms with Gasteiger partial charge in [-0.1, -0.05) is 13.0 Å². The van der Waals surface area contributed by atoms with Gasteiger partial charge in [0.2, 0.25) is 0 Å². The van der Waals surface area contributed by atoms with Crippen molar-refractivity contribution in [3.63, 3.8) is 0 Å². The van der Waals surface area contributed by atoms with E-state index in [1.165, 1.54) is 6.07 Å². The molecule has 2 atom stereocenters. The van der Waals surface area contributed by atoms with E-state index < -0.39 is 17.7 Å². The van der Waals surface area contributed by atoms with Gasteiger partial charge in [0.15, 0.2) is 11.6 Å². The Bertz CT molecular complexity index is 694. The van der Waals surface area contributed by atoms with Gasteiger partial charge >= 0.3 is 6.03 Å². The molecule has 24 heavy (non-hydrogen) atoms. The van der Waals surface area contributed by atoms with Gasteiger partial charge in [0.1, 0.15) is 0 Å². The van der Waals surface area contributed by atoms with Gasteiger partial charge in [-0.15, -0.1) is 0 Å². The lowest BCUT2D eigenvalue weighted by Crippen LogP contribution is -2.40. The third-order valence-electron chi connectivity index (χ3n) is 4.05. The van der Waals surface area contributed by atoms with Crippen molar-refractivity contribution in [1.29, 1.82) is 0 Å². The van der Waals surface area contributed by atoms with Crippen LogP contribution in [-0.2, 0) is 0 Å². The molecule has 4 nitrogen and oxygen atoms in total. The molecule has 128 valence electrons. The summed E-state index contributed by atoms with van der Waals surface area (Å²) in [5, 5.41) is 2.81. The van der Waals surface area contributed by atoms with E-state index in [4.69, 9.17) is 0 Å². The molecular weight excluding hydrogens is 312 g/mol. The Kier molecular flexibility index (Phi) is 5.84. The van der Waals surface area contributed by atoms with Crippen LogP contribution in [0.1, 0.15) is 43.5 Å². The van der Waals surface area contributed by atoms with Gasteiger partial charge in [0, 0.05) is 19.4 Å². The number of rotatable bonds is 5. The minimum atomic E-state index is -0.926. The molecule has 0 aliphatic carbocycles. The van der Waals surface area contributed by atoms with Gasteiger partial charge in [-0.3, -0.25) is 4.98 Å². The molecular formula is C18H21F2N3O. The van der Waals surface area contributed by atoms with Crippen LogP contribution in [0.15, 0.2) is 42.7 Å². The zero-order chi connectivity index (χ0) is 17.7. The lowest BCUT2D eigenvalue weighted by Gasteiger charge is -2.29. The predicted octanol–water partition coefficient (Wildman–Crippen LogP) is 4.21. The second kappa shape index (κ2) is 7.86. The summed E-state index contributed by atoms with van der Waals surface area (Å²) >= 11 is 0. The molecule has 1 N–H and O–H groups in total. The quantitative estimate of drug-likeness (QED) is 0.891. The minimum absolute atomic E-state index is 0.0925. The Balaban J connectivity index is 2.08. The van der Waals surface area contributed by atoms with Crippen LogP contribution in [0, 0.1) is 11.6 Å². The van der Waals surface area contributed by atoms with Crippen molar-refractivity contribution in [1.82, 2.24) is 15.2 Å². The third-order valence-corrected chi connectivity index (χ3v) is 4.05. The molecule has 6 heteroatoms. The standard InChI is InChI=1S/C18H21F2N3O/c1-4-17(13-7-9-21-10-8-13)23(3)18(24)22-12(2)14-5-6-15(19)16(20)11-14/h5-12,17H,4H2,1-3H3,(H,22,24)/t12-,17+/m1/s1. The number of carbonyl (C=O) groups excluding carboxylic acids is 1. The van der Waals surface area contributed by atoms with Crippen LogP contribution in [0.3, 0.4) is 0 Å². The predicted molar refractivity (Wildman–Crippen MR) is 88.3 cm³/mol. The molecule has 0 bridgehead atoms. The Morgan fingerprint density at radius 2 is 1.83 bits per heavy atom. The summed E-state index contributed by atoms with van der Waals surface area (Å²) in [6, 6.07) is 6.55. The maximum Gasteiger partial charge on any atom is 0.318 e. The Hall–Kier alpha value is -2.50. The molecule has 0 unspecified atom stereocenters. The van der Waals surface area contributed by atoms with Gasteiger partial charge in [-0.2, -0.15) is 0 Å². The van der Waals surface area contributed by atoms with Crippen molar-refractivity contribution >= 4 is 6.03 Å². The number of amides is 2. The van der Waals surface area contributed by atoms with E-state index in [0.29, 0.717) is 5.56 Å². The van der Waals surface area contributed by atoms with Crippen molar-refractivity contribution in [3.8, 4) is 0 Å². The average Bonchev–Trinajstić information content (AvgIpc) is 2.58. The van der Waals surface area contributed by atoms with Crippen molar-refractivity contribution in [2.24, 2.45) is 0 Å². The van der Waals surface area contributed by atoms with E-state index in [-0.39, 0.29) is 12.1 Å². The molecule has 1 aromatic heterocycles. The number of hydrogen-bond acceptors (Lipinski definition) is 2. The number of pyridine rings is 1. The molecule has 0 aliphatic heterocycles. The summed E-state index contributed by atoms with van der Waals surface area (Å²) in [6.07, 6.45) is 4.12. The number of halogens is 2. The first kappa shape index (κ1) is 17.8. The first-order chi connectivity index (χ1) is 11.4. The highest BCUT2D eigenvalue weighted by Gasteiger charge is 2.22. The molecule has 2 amide bonds. The van der Waals surface area contributed by atoms with Gasteiger partial charge in [0.05, 0.1) is 12.1 Å². The first-order valence-electron chi connectivity index (χ1n) is 7.82. The fourth-order valence-electron chi connectivity index (χ4n) is 2.61. The van der Waals surface area contributed by atoms with Gasteiger partial charge in [0.25, 0.3) is 0 Å². The summed E-state index contributed by atoms with van der Waals surface area (Å²) in [7, 11) is 1.71. The third kappa shape index (κ3) is 4.07. The second-order valence-electron chi connectivity index (χ2n) is 5.66. The fourth-order valence-corrected chi connectivity index (χ4v) is 2.61. The van der Waals surface area contributed by atoms with E-state index in [1.807, 2.05) is 19.1 Å². The molecule has 1 aromatic carbocycles. The highest BCUT2D eigenvalue weighted by Crippen LogP contribution is 2.23. The zero-order valence-corrected chi connectivity index (χ0v) is 14.0. The summed E-state index contributed by atoms with van der Waals surface area (Å²) in [5.74, 6) is -1.83. The molecule has 2 rings (SSSR count). The summed E-state index contributed by atoms with van der Waals surface area (Å²) in [6.45, 7) is 3.72. The van der Waals surface area contributed by atoms with Crippen molar-refractivity contribution < 1.29 is 13.6 Å². The van der Waals surface area contributed by atoms with Crippen molar-refractivity contribution in [2.75, 3.05) is 7.05 Å². The highest BCUT2D eigenvalue weighted by atomic mass is 19.2. The van der Waals surface area contributed by atoms with E-state index in [9.17, 15) is 13.6 Å². The second-order valence-corrected chi connectivity index (χ2v) is 5.66. The number of nitrogens with one attached hydrogen (secondary N) is 1. The lowest BCUT2D eigenvalue weighted by atomic mass is 10.0. The molecule has 0 aliphatic rings. The number of hydrogen-bond donors (Lipinski definition) is 1. The van der Waals surface area contributed by atoms with Gasteiger partial charge in [-0.25, -0.2) is 13.6 Å². The minimum Gasteiger partial charge on any atom is -0.331 e. The highest BCUT2D eigenvalue weighted by molar-refractivity contribution is 5.75. The lowest BCUT2D eigenvalue weighted by molar-refractivity contribution is 0.185. The van der Waals surface area contributed by atoms with Crippen molar-refractivity contribution in [3.05, 3.63) is 65.5 Å². The SMILES string of the molecule is CC[C@@H](c1ccncc1)N(C)C(=O)N[C@H](C)c1ccc(F)c(F)c1. The topological polar surface area (TPSA) is 45.2 Å². The molecule has 0 saturated heterocycles. The first-order valence-corrected chi connectivity index (χ1v) is 7.82. The number of benzene rings is 1. The summed E-state index contributed by atoms with van der Waals surface area (Å²) < 4.78 is 26.4. The Labute approximate surface area is 140 Å². The van der Waals surface area contributed by atoms with E-state index >= 15 is 0 Å². The molecule has 2 aromatic rings. The van der Waals surface area contributed by atoms with Gasteiger partial charge in [-0.05, 0) is 48.7 Å². The maximum atomic E-state index is 13.3. The van der Waals surface area contributed by atoms with Crippen molar-refractivity contribution in [2.45, 2.75) is 32.4 Å². The summed E-state index contributed by atoms with van der Waals surface area (Å²) in [4.78, 5) is 18.1. The van der Waals surface area contributed by atoms with Crippen LogP contribution in [0.4, 0.5) is 13.6 Å². The Morgan fingerprint density at radius 1 is 1.17 bits per heavy atom. The average molecular weight is 333 g/mol. The molecule has 0 spiro atoms. The zero-order valence-electron chi connectivity index (χ0n) is 14.0. The molecule has 0 saturated carbocycles. The largest absolute Gasteiger partial charge is 0.331 e. The number of carbonyl (C=O) groups is 1. The smallest absolute Gasteiger partial charge is 0.318 e. The van der Waals surface area contributed by atoms with E-state index in [2.05, 4.69) is 10.3 Å². The van der Waals surface area contributed by atoms with Crippen LogP contribution in [0.5, 0.6) is 0 Å². The van der Waals surface area contributed by atoms with E-state index in [1.54, 1.807) is 31.3 Å². The number of nitrogens with zero attached hydrogens (tertiary/aromatic N) is 2. The maximum absolute atomic E-state index is 13.3. The summed E-state index contributed by atoms with van der Waals surface area (Å²) in [5.41, 5.74) is 1.50. The van der Waals surface area contributed by atoms with Crippen LogP contribution in [0.25, 0.3) is 0 Å².